The number of hydrogen-bond acceptors (Lipinski definition) is 3. The maximum atomic E-state index is 5.26. The molecule has 0 bridgehead atoms. The summed E-state index contributed by atoms with van der Waals surface area (Å²) in [5.74, 6) is 1.44. The fourth-order valence-corrected chi connectivity index (χ4v) is 2.38. The van der Waals surface area contributed by atoms with Crippen LogP contribution in [0.4, 0.5) is 0 Å². The highest BCUT2D eigenvalue weighted by molar-refractivity contribution is 5.79. The average molecular weight is 326 g/mol. The first-order chi connectivity index (χ1) is 11.8. The number of aliphatic imine (C=N–C) groups is 1. The maximum absolute atomic E-state index is 5.26. The fourth-order valence-electron chi connectivity index (χ4n) is 2.38. The Kier molecular flexibility index (Phi) is 7.60. The standard InChI is InChI=1S/C19H26N4O/c1-3-20-19(22-14-7-11-16-9-5-4-6-10-16)23-15-17-12-8-13-21-18(17)24-2/h4-6,8-10,12-13H,3,7,11,14-15H2,1-2H3,(H2,20,22,23). The Morgan fingerprint density at radius 2 is 1.96 bits per heavy atom. The van der Waals surface area contributed by atoms with Gasteiger partial charge in [0.25, 0.3) is 0 Å². The molecule has 2 N–H and O–H groups in total. The molecule has 0 aliphatic carbocycles. The largest absolute Gasteiger partial charge is 0.481 e. The molecule has 1 aromatic carbocycles. The Labute approximate surface area is 144 Å². The van der Waals surface area contributed by atoms with E-state index in [0.717, 1.165) is 37.5 Å². The number of pyridine rings is 1. The summed E-state index contributed by atoms with van der Waals surface area (Å²) in [5, 5.41) is 6.64. The number of nitrogens with one attached hydrogen (secondary N) is 2. The highest BCUT2D eigenvalue weighted by Crippen LogP contribution is 2.14. The van der Waals surface area contributed by atoms with Crippen molar-refractivity contribution < 1.29 is 4.74 Å². The second-order valence-electron chi connectivity index (χ2n) is 5.38. The summed E-state index contributed by atoms with van der Waals surface area (Å²) in [6, 6.07) is 14.4. The summed E-state index contributed by atoms with van der Waals surface area (Å²) in [4.78, 5) is 8.81. The molecule has 0 saturated carbocycles. The highest BCUT2D eigenvalue weighted by atomic mass is 16.5. The summed E-state index contributed by atoms with van der Waals surface area (Å²) < 4.78 is 5.26. The zero-order valence-corrected chi connectivity index (χ0v) is 14.5. The number of rotatable bonds is 8. The molecule has 0 aliphatic rings. The number of ether oxygens (including phenoxy) is 1. The lowest BCUT2D eigenvalue weighted by molar-refractivity contribution is 0.392. The molecule has 2 aromatic rings. The van der Waals surface area contributed by atoms with Crippen LogP contribution < -0.4 is 15.4 Å². The Balaban J connectivity index is 1.84. The van der Waals surface area contributed by atoms with Crippen molar-refractivity contribution in [2.75, 3.05) is 20.2 Å². The van der Waals surface area contributed by atoms with E-state index in [1.807, 2.05) is 18.2 Å². The summed E-state index contributed by atoms with van der Waals surface area (Å²) in [6.45, 7) is 4.30. The van der Waals surface area contributed by atoms with Crippen LogP contribution >= 0.6 is 0 Å². The molecule has 1 aromatic heterocycles. The van der Waals surface area contributed by atoms with E-state index in [4.69, 9.17) is 4.74 Å². The predicted molar refractivity (Wildman–Crippen MR) is 98.4 cm³/mol. The number of aryl methyl sites for hydroxylation is 1. The number of benzene rings is 1. The monoisotopic (exact) mass is 326 g/mol. The topological polar surface area (TPSA) is 58.5 Å². The molecule has 24 heavy (non-hydrogen) atoms. The molecule has 0 amide bonds. The van der Waals surface area contributed by atoms with Crippen molar-refractivity contribution in [3.8, 4) is 5.88 Å². The van der Waals surface area contributed by atoms with Crippen molar-refractivity contribution in [3.63, 3.8) is 0 Å². The molecule has 0 fully saturated rings. The van der Waals surface area contributed by atoms with Gasteiger partial charge < -0.3 is 15.4 Å². The van der Waals surface area contributed by atoms with Crippen molar-refractivity contribution >= 4 is 5.96 Å². The van der Waals surface area contributed by atoms with E-state index in [-0.39, 0.29) is 0 Å². The molecule has 0 saturated heterocycles. The van der Waals surface area contributed by atoms with Gasteiger partial charge in [0, 0.05) is 24.8 Å². The van der Waals surface area contributed by atoms with Crippen LogP contribution in [0.2, 0.25) is 0 Å². The van der Waals surface area contributed by atoms with E-state index in [2.05, 4.69) is 51.8 Å². The van der Waals surface area contributed by atoms with Gasteiger partial charge in [-0.15, -0.1) is 0 Å². The molecular weight excluding hydrogens is 300 g/mol. The van der Waals surface area contributed by atoms with E-state index in [1.54, 1.807) is 13.3 Å². The minimum Gasteiger partial charge on any atom is -0.481 e. The van der Waals surface area contributed by atoms with Gasteiger partial charge in [0.05, 0.1) is 13.7 Å². The van der Waals surface area contributed by atoms with Gasteiger partial charge in [-0.2, -0.15) is 0 Å². The molecule has 0 unspecified atom stereocenters. The van der Waals surface area contributed by atoms with Crippen molar-refractivity contribution in [2.45, 2.75) is 26.3 Å². The van der Waals surface area contributed by atoms with Crippen LogP contribution in [0.3, 0.4) is 0 Å². The molecule has 128 valence electrons. The number of methoxy groups -OCH3 is 1. The average Bonchev–Trinajstić information content (AvgIpc) is 2.64. The third-order valence-corrected chi connectivity index (χ3v) is 3.57. The van der Waals surface area contributed by atoms with Crippen LogP contribution in [0.25, 0.3) is 0 Å². The molecule has 0 aliphatic heterocycles. The zero-order chi connectivity index (χ0) is 17.0. The Bertz CT molecular complexity index is 628. The van der Waals surface area contributed by atoms with E-state index in [1.165, 1.54) is 5.56 Å². The molecule has 0 spiro atoms. The van der Waals surface area contributed by atoms with E-state index in [9.17, 15) is 0 Å². The quantitative estimate of drug-likeness (QED) is 0.445. The summed E-state index contributed by atoms with van der Waals surface area (Å²) in [5.41, 5.74) is 2.34. The number of aromatic nitrogens is 1. The van der Waals surface area contributed by atoms with Crippen LogP contribution in [0, 0.1) is 0 Å². The maximum Gasteiger partial charge on any atom is 0.218 e. The van der Waals surface area contributed by atoms with Gasteiger partial charge in [-0.05, 0) is 31.4 Å². The predicted octanol–water partition coefficient (Wildman–Crippen LogP) is 2.78. The normalized spacial score (nSPS) is 11.2. The second-order valence-corrected chi connectivity index (χ2v) is 5.38. The molecule has 0 atom stereocenters. The number of nitrogens with zero attached hydrogens (tertiary/aromatic N) is 2. The van der Waals surface area contributed by atoms with Crippen LogP contribution in [0.1, 0.15) is 24.5 Å². The van der Waals surface area contributed by atoms with E-state index >= 15 is 0 Å². The minimum atomic E-state index is 0.533. The van der Waals surface area contributed by atoms with Crippen molar-refractivity contribution in [1.82, 2.24) is 15.6 Å². The zero-order valence-electron chi connectivity index (χ0n) is 14.5. The summed E-state index contributed by atoms with van der Waals surface area (Å²) >= 11 is 0. The van der Waals surface area contributed by atoms with Gasteiger partial charge in [-0.3, -0.25) is 0 Å². The molecular formula is C19H26N4O. The Hall–Kier alpha value is -2.56. The number of guanidine groups is 1. The first-order valence-electron chi connectivity index (χ1n) is 8.37. The third-order valence-electron chi connectivity index (χ3n) is 3.57. The molecule has 5 heteroatoms. The van der Waals surface area contributed by atoms with Gasteiger partial charge >= 0.3 is 0 Å². The van der Waals surface area contributed by atoms with Crippen molar-refractivity contribution in [3.05, 3.63) is 59.8 Å². The Morgan fingerprint density at radius 1 is 1.12 bits per heavy atom. The van der Waals surface area contributed by atoms with Crippen LogP contribution in [0.15, 0.2) is 53.7 Å². The molecule has 2 rings (SSSR count). The number of hydrogen-bond donors (Lipinski definition) is 2. The fraction of sp³-hybridized carbons (Fsp3) is 0.368. The molecule has 5 nitrogen and oxygen atoms in total. The third kappa shape index (κ3) is 5.91. The summed E-state index contributed by atoms with van der Waals surface area (Å²) in [7, 11) is 1.63. The van der Waals surface area contributed by atoms with Gasteiger partial charge in [-0.25, -0.2) is 9.98 Å². The summed E-state index contributed by atoms with van der Waals surface area (Å²) in [6.07, 6.45) is 3.84. The lowest BCUT2D eigenvalue weighted by Gasteiger charge is -2.12. The van der Waals surface area contributed by atoms with Gasteiger partial charge in [0.2, 0.25) is 5.88 Å². The van der Waals surface area contributed by atoms with Gasteiger partial charge in [0.15, 0.2) is 5.96 Å². The van der Waals surface area contributed by atoms with Crippen LogP contribution in [-0.4, -0.2) is 31.1 Å². The Morgan fingerprint density at radius 3 is 2.71 bits per heavy atom. The van der Waals surface area contributed by atoms with Crippen molar-refractivity contribution in [2.24, 2.45) is 4.99 Å². The van der Waals surface area contributed by atoms with Gasteiger partial charge in [-0.1, -0.05) is 36.4 Å². The first kappa shape index (κ1) is 17.8. The second kappa shape index (κ2) is 10.3. The molecule has 1 heterocycles. The highest BCUT2D eigenvalue weighted by Gasteiger charge is 2.03. The smallest absolute Gasteiger partial charge is 0.218 e. The lowest BCUT2D eigenvalue weighted by Crippen LogP contribution is -2.37. The molecule has 0 radical (unpaired) electrons. The van der Waals surface area contributed by atoms with E-state index < -0.39 is 0 Å². The SMILES string of the molecule is CCNC(=NCc1cccnc1OC)NCCCc1ccccc1. The first-order valence-corrected chi connectivity index (χ1v) is 8.37. The van der Waals surface area contributed by atoms with Crippen LogP contribution in [-0.2, 0) is 13.0 Å². The van der Waals surface area contributed by atoms with Crippen LogP contribution in [0.5, 0.6) is 5.88 Å². The van der Waals surface area contributed by atoms with Gasteiger partial charge in [0.1, 0.15) is 0 Å². The van der Waals surface area contributed by atoms with E-state index in [0.29, 0.717) is 12.4 Å². The lowest BCUT2D eigenvalue weighted by atomic mass is 10.1. The van der Waals surface area contributed by atoms with Crippen molar-refractivity contribution in [1.29, 1.82) is 0 Å². The minimum absolute atomic E-state index is 0.533.